The van der Waals surface area contributed by atoms with E-state index in [4.69, 9.17) is 9.47 Å². The average Bonchev–Trinajstić information content (AvgIpc) is 3.47. The molecule has 0 fully saturated rings. The van der Waals surface area contributed by atoms with Crippen molar-refractivity contribution >= 4 is 22.6 Å². The van der Waals surface area contributed by atoms with Crippen molar-refractivity contribution in [3.8, 4) is 5.75 Å². The maximum absolute atomic E-state index is 12.5. The number of nitro groups is 1. The number of aromatic nitrogens is 3. The summed E-state index contributed by atoms with van der Waals surface area (Å²) in [6.07, 6.45) is 3.12. The van der Waals surface area contributed by atoms with E-state index in [0.717, 1.165) is 33.3 Å². The maximum atomic E-state index is 12.5. The van der Waals surface area contributed by atoms with Crippen molar-refractivity contribution in [2.75, 3.05) is 14.2 Å². The number of benzene rings is 2. The van der Waals surface area contributed by atoms with Crippen LogP contribution >= 0.6 is 0 Å². The molecule has 0 spiro atoms. The van der Waals surface area contributed by atoms with Gasteiger partial charge in [0.15, 0.2) is 0 Å². The molecular formula is C24H23N5O5. The lowest BCUT2D eigenvalue weighted by Gasteiger charge is -2.30. The lowest BCUT2D eigenvalue weighted by molar-refractivity contribution is -0.385. The minimum atomic E-state index is -0.499. The van der Waals surface area contributed by atoms with E-state index in [1.54, 1.807) is 7.11 Å². The predicted octanol–water partition coefficient (Wildman–Crippen LogP) is 3.11. The molecule has 0 radical (unpaired) electrons. The van der Waals surface area contributed by atoms with Gasteiger partial charge in [0.2, 0.25) is 0 Å². The standard InChI is InChI=1S/C24H23N5O5/c1-33-21-8-7-14(9-15(21)12-28-13-16(11-25-28)29(31)32)22-23-18(10-20(27-22)24(30)34-2)17-5-3-4-6-19(17)26-23/h3-9,11,13,20,22,26-27H,10,12H2,1-2H3. The van der Waals surface area contributed by atoms with E-state index in [-0.39, 0.29) is 24.2 Å². The Balaban J connectivity index is 1.57. The molecule has 2 aromatic heterocycles. The molecule has 1 aliphatic rings. The summed E-state index contributed by atoms with van der Waals surface area (Å²) in [5.74, 6) is 0.317. The minimum Gasteiger partial charge on any atom is -0.496 e. The third-order valence-corrected chi connectivity index (χ3v) is 6.20. The van der Waals surface area contributed by atoms with E-state index in [1.165, 1.54) is 24.2 Å². The largest absolute Gasteiger partial charge is 0.496 e. The Hall–Kier alpha value is -4.18. The van der Waals surface area contributed by atoms with Crippen LogP contribution in [0.4, 0.5) is 5.69 Å². The molecule has 174 valence electrons. The second-order valence-corrected chi connectivity index (χ2v) is 8.17. The fourth-order valence-corrected chi connectivity index (χ4v) is 4.60. The summed E-state index contributed by atoms with van der Waals surface area (Å²) in [6, 6.07) is 13.0. The van der Waals surface area contributed by atoms with Crippen LogP contribution in [0.25, 0.3) is 10.9 Å². The molecule has 34 heavy (non-hydrogen) atoms. The van der Waals surface area contributed by atoms with Crippen LogP contribution in [0.3, 0.4) is 0 Å². The molecule has 10 heteroatoms. The van der Waals surface area contributed by atoms with Crippen LogP contribution in [0, 0.1) is 10.1 Å². The van der Waals surface area contributed by atoms with Crippen molar-refractivity contribution in [2.45, 2.75) is 25.0 Å². The van der Waals surface area contributed by atoms with Gasteiger partial charge in [-0.3, -0.25) is 24.9 Å². The fourth-order valence-electron chi connectivity index (χ4n) is 4.60. The molecule has 0 aliphatic carbocycles. The van der Waals surface area contributed by atoms with Gasteiger partial charge in [0.05, 0.1) is 31.7 Å². The molecule has 2 unspecified atom stereocenters. The van der Waals surface area contributed by atoms with E-state index in [2.05, 4.69) is 15.4 Å². The number of esters is 1. The Morgan fingerprint density at radius 2 is 2.09 bits per heavy atom. The molecule has 0 saturated carbocycles. The third kappa shape index (κ3) is 3.77. The van der Waals surface area contributed by atoms with E-state index < -0.39 is 11.0 Å². The van der Waals surface area contributed by atoms with Gasteiger partial charge in [-0.25, -0.2) is 0 Å². The van der Waals surface area contributed by atoms with E-state index in [9.17, 15) is 14.9 Å². The van der Waals surface area contributed by atoms with E-state index in [1.807, 2.05) is 42.5 Å². The molecule has 5 rings (SSSR count). The number of nitrogens with zero attached hydrogens (tertiary/aromatic N) is 3. The van der Waals surface area contributed by atoms with Crippen LogP contribution in [0.1, 0.15) is 28.4 Å². The normalized spacial score (nSPS) is 17.4. The number of fused-ring (bicyclic) bond motifs is 3. The zero-order valence-corrected chi connectivity index (χ0v) is 18.6. The fraction of sp³-hybridized carbons (Fsp3) is 0.250. The van der Waals surface area contributed by atoms with Crippen LogP contribution in [-0.4, -0.2) is 45.9 Å². The van der Waals surface area contributed by atoms with Crippen molar-refractivity contribution in [1.82, 2.24) is 20.1 Å². The number of methoxy groups -OCH3 is 2. The first-order chi connectivity index (χ1) is 16.5. The zero-order chi connectivity index (χ0) is 23.8. The highest BCUT2D eigenvalue weighted by atomic mass is 16.6. The molecule has 3 heterocycles. The van der Waals surface area contributed by atoms with E-state index in [0.29, 0.717) is 12.2 Å². The van der Waals surface area contributed by atoms with Gasteiger partial charge in [0, 0.05) is 28.6 Å². The third-order valence-electron chi connectivity index (χ3n) is 6.20. The molecule has 0 amide bonds. The van der Waals surface area contributed by atoms with Gasteiger partial charge in [0.25, 0.3) is 0 Å². The quantitative estimate of drug-likeness (QED) is 0.257. The van der Waals surface area contributed by atoms with Crippen LogP contribution in [0.15, 0.2) is 54.9 Å². The molecule has 4 aromatic rings. The average molecular weight is 461 g/mol. The number of H-pyrrole nitrogens is 1. The molecule has 2 aromatic carbocycles. The van der Waals surface area contributed by atoms with Gasteiger partial charge >= 0.3 is 11.7 Å². The number of para-hydroxylation sites is 1. The van der Waals surface area contributed by atoms with Crippen LogP contribution < -0.4 is 10.1 Å². The monoisotopic (exact) mass is 461 g/mol. The first-order valence-corrected chi connectivity index (χ1v) is 10.8. The van der Waals surface area contributed by atoms with Gasteiger partial charge in [-0.1, -0.05) is 24.3 Å². The van der Waals surface area contributed by atoms with Crippen molar-refractivity contribution in [3.63, 3.8) is 0 Å². The summed E-state index contributed by atoms with van der Waals surface area (Å²) in [6.45, 7) is 0.289. The SMILES string of the molecule is COC(=O)C1Cc2c([nH]c3ccccc23)C(c2ccc(OC)c(Cn3cc([N+](=O)[O-])cn3)c2)N1. The van der Waals surface area contributed by atoms with Crippen molar-refractivity contribution in [1.29, 1.82) is 0 Å². The number of hydrogen-bond acceptors (Lipinski definition) is 7. The molecule has 10 nitrogen and oxygen atoms in total. The number of ether oxygens (including phenoxy) is 2. The molecule has 2 N–H and O–H groups in total. The Kier molecular flexibility index (Phi) is 5.50. The van der Waals surface area contributed by atoms with Crippen molar-refractivity contribution in [3.05, 3.63) is 87.4 Å². The molecule has 0 bridgehead atoms. The maximum Gasteiger partial charge on any atom is 0.323 e. The zero-order valence-electron chi connectivity index (χ0n) is 18.6. The van der Waals surface area contributed by atoms with E-state index >= 15 is 0 Å². The van der Waals surface area contributed by atoms with Crippen molar-refractivity contribution in [2.24, 2.45) is 0 Å². The summed E-state index contributed by atoms with van der Waals surface area (Å²) >= 11 is 0. The topological polar surface area (TPSA) is 124 Å². The highest BCUT2D eigenvalue weighted by molar-refractivity contribution is 5.87. The Labute approximate surface area is 194 Å². The number of nitrogens with one attached hydrogen (secondary N) is 2. The Morgan fingerprint density at radius 3 is 2.82 bits per heavy atom. The van der Waals surface area contributed by atoms with Crippen molar-refractivity contribution < 1.29 is 19.2 Å². The second-order valence-electron chi connectivity index (χ2n) is 8.17. The number of hydrogen-bond donors (Lipinski definition) is 2. The Bertz CT molecular complexity index is 1390. The number of carbonyl (C=O) groups is 1. The van der Waals surface area contributed by atoms with Gasteiger partial charge in [-0.05, 0) is 29.3 Å². The van der Waals surface area contributed by atoms with Crippen LogP contribution in [0.2, 0.25) is 0 Å². The second kappa shape index (κ2) is 8.64. The van der Waals surface area contributed by atoms with Gasteiger partial charge in [0.1, 0.15) is 24.2 Å². The predicted molar refractivity (Wildman–Crippen MR) is 124 cm³/mol. The highest BCUT2D eigenvalue weighted by Gasteiger charge is 2.34. The molecule has 2 atom stereocenters. The van der Waals surface area contributed by atoms with Gasteiger partial charge in [-0.2, -0.15) is 5.10 Å². The summed E-state index contributed by atoms with van der Waals surface area (Å²) in [5.41, 5.74) is 4.72. The number of rotatable bonds is 6. The lowest BCUT2D eigenvalue weighted by atomic mass is 9.89. The minimum absolute atomic E-state index is 0.0762. The highest BCUT2D eigenvalue weighted by Crippen LogP contribution is 2.36. The summed E-state index contributed by atoms with van der Waals surface area (Å²) in [7, 11) is 2.96. The first kappa shape index (κ1) is 21.7. The summed E-state index contributed by atoms with van der Waals surface area (Å²) < 4.78 is 12.1. The number of carbonyl (C=O) groups excluding carboxylic acids is 1. The summed E-state index contributed by atoms with van der Waals surface area (Å²) in [5, 5.41) is 19.6. The smallest absolute Gasteiger partial charge is 0.323 e. The molecule has 1 aliphatic heterocycles. The van der Waals surface area contributed by atoms with Crippen LogP contribution in [0.5, 0.6) is 5.75 Å². The lowest BCUT2D eigenvalue weighted by Crippen LogP contribution is -2.45. The first-order valence-electron chi connectivity index (χ1n) is 10.8. The summed E-state index contributed by atoms with van der Waals surface area (Å²) in [4.78, 5) is 26.6. The van der Waals surface area contributed by atoms with Gasteiger partial charge < -0.3 is 14.5 Å². The van der Waals surface area contributed by atoms with Gasteiger partial charge in [-0.15, -0.1) is 0 Å². The van der Waals surface area contributed by atoms with Crippen LogP contribution in [-0.2, 0) is 22.5 Å². The molecular weight excluding hydrogens is 438 g/mol. The number of aromatic amines is 1. The Morgan fingerprint density at radius 1 is 1.26 bits per heavy atom. The molecule has 0 saturated heterocycles.